The van der Waals surface area contributed by atoms with Gasteiger partial charge in [-0.25, -0.2) is 14.8 Å². The fraction of sp³-hybridized carbons (Fsp3) is 0.192. The molecule has 37 heavy (non-hydrogen) atoms. The summed E-state index contributed by atoms with van der Waals surface area (Å²) in [5.74, 6) is 1.16. The number of nitrogens with one attached hydrogen (secondary N) is 2. The first-order valence-corrected chi connectivity index (χ1v) is 12.5. The number of benzene rings is 2. The summed E-state index contributed by atoms with van der Waals surface area (Å²) >= 11 is 1.53. The van der Waals surface area contributed by atoms with Crippen LogP contribution in [0.4, 0.5) is 0 Å². The molecule has 3 aromatic heterocycles. The minimum atomic E-state index is -0.468. The first kappa shape index (κ1) is 24.5. The number of nitrogens with zero attached hydrogens (tertiary/aromatic N) is 5. The number of ether oxygens (including phenoxy) is 1. The van der Waals surface area contributed by atoms with Gasteiger partial charge in [0.25, 0.3) is 5.56 Å². The zero-order valence-electron chi connectivity index (χ0n) is 20.3. The Labute approximate surface area is 216 Å². The third-order valence-corrected chi connectivity index (χ3v) is 6.50. The molecule has 10 nitrogen and oxygen atoms in total. The van der Waals surface area contributed by atoms with Crippen LogP contribution in [0.25, 0.3) is 11.2 Å². The van der Waals surface area contributed by atoms with Crippen molar-refractivity contribution in [1.82, 2.24) is 33.8 Å². The summed E-state index contributed by atoms with van der Waals surface area (Å²) in [6.07, 6.45) is 4.85. The number of rotatable bonds is 9. The third kappa shape index (κ3) is 5.63. The van der Waals surface area contributed by atoms with Crippen molar-refractivity contribution in [1.29, 1.82) is 0 Å². The summed E-state index contributed by atoms with van der Waals surface area (Å²) in [6, 6.07) is 15.7. The van der Waals surface area contributed by atoms with Gasteiger partial charge in [-0.1, -0.05) is 24.3 Å². The fourth-order valence-electron chi connectivity index (χ4n) is 3.84. The zero-order valence-corrected chi connectivity index (χ0v) is 21.2. The number of H-pyrrole nitrogens is 1. The van der Waals surface area contributed by atoms with Gasteiger partial charge in [-0.3, -0.25) is 24.1 Å². The SMILES string of the molecule is CCn1cnc2c1c(=O)[nH]c(=O)n2Cc1ccc(CNSc2ccc(Oc3cncc(C)n3)cc2)cc1. The van der Waals surface area contributed by atoms with E-state index in [9.17, 15) is 9.59 Å². The van der Waals surface area contributed by atoms with Gasteiger partial charge in [0.1, 0.15) is 5.75 Å². The molecule has 0 bridgehead atoms. The Bertz CT molecular complexity index is 1640. The van der Waals surface area contributed by atoms with Gasteiger partial charge >= 0.3 is 5.69 Å². The lowest BCUT2D eigenvalue weighted by atomic mass is 10.1. The summed E-state index contributed by atoms with van der Waals surface area (Å²) in [5, 5.41) is 0. The first-order valence-electron chi connectivity index (χ1n) is 11.7. The quantitative estimate of drug-likeness (QED) is 0.286. The van der Waals surface area contributed by atoms with Crippen molar-refractivity contribution in [2.75, 3.05) is 0 Å². The summed E-state index contributed by atoms with van der Waals surface area (Å²) < 4.78 is 12.3. The molecular formula is C26H25N7O3S. The minimum Gasteiger partial charge on any atom is -0.437 e. The van der Waals surface area contributed by atoms with Crippen molar-refractivity contribution in [2.45, 2.75) is 38.4 Å². The van der Waals surface area contributed by atoms with Gasteiger partial charge in [-0.05, 0) is 61.2 Å². The lowest BCUT2D eigenvalue weighted by Crippen LogP contribution is -2.31. The molecule has 0 aliphatic rings. The highest BCUT2D eigenvalue weighted by Crippen LogP contribution is 2.23. The van der Waals surface area contributed by atoms with E-state index in [1.165, 1.54) is 16.5 Å². The number of imidazole rings is 1. The highest BCUT2D eigenvalue weighted by Gasteiger charge is 2.13. The molecular weight excluding hydrogens is 490 g/mol. The molecule has 5 rings (SSSR count). The van der Waals surface area contributed by atoms with Crippen LogP contribution in [0.1, 0.15) is 23.7 Å². The van der Waals surface area contributed by atoms with Crippen molar-refractivity contribution in [3.05, 3.63) is 105 Å². The monoisotopic (exact) mass is 515 g/mol. The maximum absolute atomic E-state index is 12.5. The predicted octanol–water partition coefficient (Wildman–Crippen LogP) is 3.64. The van der Waals surface area contributed by atoms with Crippen molar-refractivity contribution in [2.24, 2.45) is 0 Å². The molecule has 0 radical (unpaired) electrons. The average molecular weight is 516 g/mol. The molecule has 0 aliphatic carbocycles. The molecule has 5 aromatic rings. The van der Waals surface area contributed by atoms with Crippen LogP contribution in [0.5, 0.6) is 11.6 Å². The molecule has 0 fully saturated rings. The average Bonchev–Trinajstić information content (AvgIpc) is 3.33. The first-order chi connectivity index (χ1) is 18.0. The van der Waals surface area contributed by atoms with Crippen molar-refractivity contribution in [3.8, 4) is 11.6 Å². The predicted molar refractivity (Wildman–Crippen MR) is 142 cm³/mol. The zero-order chi connectivity index (χ0) is 25.8. The Morgan fingerprint density at radius 1 is 1.03 bits per heavy atom. The van der Waals surface area contributed by atoms with E-state index in [0.717, 1.165) is 21.7 Å². The standard InChI is InChI=1S/C26H25N7O3S/c1-3-32-16-28-24-23(32)25(34)31-26(35)33(24)15-19-6-4-18(5-7-19)13-29-37-21-10-8-20(9-11-21)36-22-14-27-12-17(2)30-22/h4-12,14,16,29H,3,13,15H2,1-2H3,(H,31,34,35). The second-order valence-corrected chi connectivity index (χ2v) is 9.32. The second kappa shape index (κ2) is 10.8. The lowest BCUT2D eigenvalue weighted by molar-refractivity contribution is 0.458. The summed E-state index contributed by atoms with van der Waals surface area (Å²) in [5.41, 5.74) is 2.74. The highest BCUT2D eigenvalue weighted by molar-refractivity contribution is 7.97. The molecule has 0 saturated heterocycles. The molecule has 3 heterocycles. The van der Waals surface area contributed by atoms with Crippen LogP contribution in [0.3, 0.4) is 0 Å². The van der Waals surface area contributed by atoms with E-state index in [1.54, 1.807) is 23.3 Å². The van der Waals surface area contributed by atoms with Gasteiger partial charge < -0.3 is 9.30 Å². The summed E-state index contributed by atoms with van der Waals surface area (Å²) in [6.45, 7) is 5.36. The van der Waals surface area contributed by atoms with Crippen LogP contribution in [0.15, 0.2) is 81.7 Å². The van der Waals surface area contributed by atoms with E-state index in [0.29, 0.717) is 42.4 Å². The normalized spacial score (nSPS) is 11.2. The number of aryl methyl sites for hydroxylation is 2. The lowest BCUT2D eigenvalue weighted by Gasteiger charge is -2.09. The molecule has 2 aromatic carbocycles. The van der Waals surface area contributed by atoms with E-state index in [4.69, 9.17) is 4.74 Å². The number of fused-ring (bicyclic) bond motifs is 1. The molecule has 0 atom stereocenters. The van der Waals surface area contributed by atoms with Gasteiger partial charge in [0.05, 0.1) is 24.8 Å². The van der Waals surface area contributed by atoms with E-state index in [1.807, 2.05) is 62.4 Å². The molecule has 0 unspecified atom stereocenters. The topological polar surface area (TPSA) is 120 Å². The van der Waals surface area contributed by atoms with Crippen LogP contribution in [-0.2, 0) is 19.6 Å². The maximum atomic E-state index is 12.5. The van der Waals surface area contributed by atoms with Crippen molar-refractivity contribution in [3.63, 3.8) is 0 Å². The van der Waals surface area contributed by atoms with E-state index < -0.39 is 11.2 Å². The Morgan fingerprint density at radius 2 is 1.78 bits per heavy atom. The summed E-state index contributed by atoms with van der Waals surface area (Å²) in [4.78, 5) is 40.8. The molecule has 0 saturated carbocycles. The fourth-order valence-corrected chi connectivity index (χ4v) is 4.52. The van der Waals surface area contributed by atoms with Crippen LogP contribution in [-0.4, -0.2) is 29.1 Å². The van der Waals surface area contributed by atoms with Crippen LogP contribution < -0.4 is 20.7 Å². The molecule has 11 heteroatoms. The second-order valence-electron chi connectivity index (χ2n) is 8.36. The Kier molecular flexibility index (Phi) is 7.15. The van der Waals surface area contributed by atoms with Crippen LogP contribution >= 0.6 is 11.9 Å². The number of hydrogen-bond donors (Lipinski definition) is 2. The van der Waals surface area contributed by atoms with Crippen LogP contribution in [0, 0.1) is 6.92 Å². The van der Waals surface area contributed by atoms with Crippen LogP contribution in [0.2, 0.25) is 0 Å². The van der Waals surface area contributed by atoms with E-state index >= 15 is 0 Å². The maximum Gasteiger partial charge on any atom is 0.330 e. The molecule has 0 aliphatic heterocycles. The Balaban J connectivity index is 1.18. The molecule has 2 N–H and O–H groups in total. The minimum absolute atomic E-state index is 0.317. The van der Waals surface area contributed by atoms with E-state index in [2.05, 4.69) is 24.7 Å². The molecule has 0 amide bonds. The smallest absolute Gasteiger partial charge is 0.330 e. The van der Waals surface area contributed by atoms with Gasteiger partial charge in [-0.2, -0.15) is 0 Å². The summed E-state index contributed by atoms with van der Waals surface area (Å²) in [7, 11) is 0. The van der Waals surface area contributed by atoms with Gasteiger partial charge in [-0.15, -0.1) is 0 Å². The molecule has 0 spiro atoms. The number of hydrogen-bond acceptors (Lipinski definition) is 8. The van der Waals surface area contributed by atoms with Gasteiger partial charge in [0, 0.05) is 24.2 Å². The Hall–Kier alpha value is -4.22. The van der Waals surface area contributed by atoms with E-state index in [-0.39, 0.29) is 0 Å². The van der Waals surface area contributed by atoms with Crippen molar-refractivity contribution >= 4 is 23.1 Å². The third-order valence-electron chi connectivity index (χ3n) is 5.70. The highest BCUT2D eigenvalue weighted by atomic mass is 32.2. The van der Waals surface area contributed by atoms with Crippen molar-refractivity contribution < 1.29 is 4.74 Å². The number of aromatic nitrogens is 6. The molecule has 188 valence electrons. The largest absolute Gasteiger partial charge is 0.437 e. The Morgan fingerprint density at radius 3 is 2.51 bits per heavy atom. The number of aromatic amines is 1. The van der Waals surface area contributed by atoms with Gasteiger partial charge in [0.2, 0.25) is 5.88 Å². The van der Waals surface area contributed by atoms with Gasteiger partial charge in [0.15, 0.2) is 11.2 Å².